The molecule has 4 aromatic heterocycles. The molecule has 0 saturated carbocycles. The highest BCUT2D eigenvalue weighted by atomic mass is 31.2. The summed E-state index contributed by atoms with van der Waals surface area (Å²) in [5, 5.41) is 16.1. The number of hydrogen-bond acceptors (Lipinski definition) is 17. The number of aromatic nitrogens is 8. The molecule has 8 rings (SSSR count). The molecule has 0 bridgehead atoms. The number of phosphoric acid groups is 1. The summed E-state index contributed by atoms with van der Waals surface area (Å²) in [5.74, 6) is -2.28. The number of fused-ring (bicyclic) bond motifs is 3. The van der Waals surface area contributed by atoms with Crippen molar-refractivity contribution in [1.29, 1.82) is 0 Å². The fourth-order valence-corrected chi connectivity index (χ4v) is 8.29. The minimum atomic E-state index is -5.01. The summed E-state index contributed by atoms with van der Waals surface area (Å²) >= 11 is 0. The molecule has 3 saturated heterocycles. The van der Waals surface area contributed by atoms with E-state index in [1.165, 1.54) is 42.1 Å². The Balaban J connectivity index is 1.00. The van der Waals surface area contributed by atoms with Gasteiger partial charge in [-0.1, -0.05) is 32.0 Å². The van der Waals surface area contributed by atoms with Crippen molar-refractivity contribution in [2.45, 2.75) is 95.6 Å². The van der Waals surface area contributed by atoms with Gasteiger partial charge in [0.05, 0.1) is 25.4 Å². The second-order valence-electron chi connectivity index (χ2n) is 15.1. The Morgan fingerprint density at radius 3 is 2.35 bits per heavy atom. The SMILES string of the molecule is CO[C@@H]1[C@H](OP(=O)(O)OC[C@H]2O[C@@H](n3cnc4c(=O)[nH]c(NC(=O)C(C)C)nc43)[C@@H]3OC(C)(C)O[C@@H]32)C([C@@H](C)O)O[C@H]1n1cnc2c(NC(=O)c3ccccc3)ncnc21. The average Bonchev–Trinajstić information content (AvgIpc) is 4.02. The zero-order valence-electron chi connectivity index (χ0n) is 33.1. The smallest absolute Gasteiger partial charge is 0.391 e. The Kier molecular flexibility index (Phi) is 11.2. The zero-order chi connectivity index (χ0) is 42.7. The van der Waals surface area contributed by atoms with Crippen LogP contribution in [0.1, 0.15) is 57.4 Å². The van der Waals surface area contributed by atoms with Gasteiger partial charge in [0, 0.05) is 18.6 Å². The van der Waals surface area contributed by atoms with Crippen molar-refractivity contribution in [3.8, 4) is 0 Å². The molecule has 5 aromatic rings. The lowest BCUT2D eigenvalue weighted by Gasteiger charge is -2.27. The number of carbonyl (C=O) groups is 2. The van der Waals surface area contributed by atoms with E-state index >= 15 is 0 Å². The number of anilines is 2. The van der Waals surface area contributed by atoms with Crippen LogP contribution in [-0.4, -0.2) is 123 Å². The third-order valence-electron chi connectivity index (χ3n) is 10.1. The highest BCUT2D eigenvalue weighted by Crippen LogP contribution is 2.51. The monoisotopic (exact) mass is 854 g/mol. The third-order valence-corrected chi connectivity index (χ3v) is 11.1. The molecule has 7 heterocycles. The molecule has 2 unspecified atom stereocenters. The van der Waals surface area contributed by atoms with Crippen molar-refractivity contribution in [3.63, 3.8) is 0 Å². The topological polar surface area (TPSA) is 288 Å². The summed E-state index contributed by atoms with van der Waals surface area (Å²) < 4.78 is 58.5. The number of hydrogen-bond donors (Lipinski definition) is 5. The Bertz CT molecular complexity index is 2510. The minimum absolute atomic E-state index is 0.0345. The van der Waals surface area contributed by atoms with E-state index in [0.29, 0.717) is 5.56 Å². The quantitative estimate of drug-likeness (QED) is 0.106. The van der Waals surface area contributed by atoms with E-state index in [4.69, 9.17) is 32.7 Å². The normalized spacial score (nSPS) is 27.6. The number of imidazole rings is 2. The Hall–Kier alpha value is -5.07. The lowest BCUT2D eigenvalue weighted by molar-refractivity contribution is -0.199. The standard InChI is InChI=1S/C36H43N10O13P/c1-16(2)30(48)43-35-42-29-21(32(50)44-35)40-15-46(29)34-26-23(57-36(4,5)58-26)19(55-34)12-54-60(51,52)59-24-22(17(3)47)56-33(25(24)53-6)45-14-39-20-27(37-13-38-28(20)45)41-31(49)18-10-8-7-9-11-18/h7-11,13-17,19,22-26,33-34,47H,12H2,1-6H3,(H,51,52)(H,37,38,41,49)(H2,42,43,44,48,50)/t17-,19-,22?,23-,24-,25-,26-,33-,34-/m1/s1. The van der Waals surface area contributed by atoms with Crippen LogP contribution in [-0.2, 0) is 42.1 Å². The van der Waals surface area contributed by atoms with Gasteiger partial charge in [0.15, 0.2) is 46.4 Å². The van der Waals surface area contributed by atoms with E-state index in [9.17, 15) is 28.9 Å². The van der Waals surface area contributed by atoms with Crippen molar-refractivity contribution in [1.82, 2.24) is 39.0 Å². The second kappa shape index (κ2) is 16.1. The molecule has 10 atom stereocenters. The number of nitrogens with one attached hydrogen (secondary N) is 3. The van der Waals surface area contributed by atoms with Crippen LogP contribution < -0.4 is 16.2 Å². The van der Waals surface area contributed by atoms with Crippen molar-refractivity contribution in [2.75, 3.05) is 24.4 Å². The van der Waals surface area contributed by atoms with Gasteiger partial charge in [-0.3, -0.25) is 42.9 Å². The first-order valence-corrected chi connectivity index (χ1v) is 20.4. The van der Waals surface area contributed by atoms with Crippen LogP contribution in [0, 0.1) is 5.92 Å². The molecule has 320 valence electrons. The van der Waals surface area contributed by atoms with E-state index in [-0.39, 0.29) is 40.0 Å². The Morgan fingerprint density at radius 1 is 0.950 bits per heavy atom. The van der Waals surface area contributed by atoms with Crippen LogP contribution in [0.2, 0.25) is 0 Å². The van der Waals surface area contributed by atoms with Crippen LogP contribution in [0.15, 0.2) is 54.1 Å². The summed E-state index contributed by atoms with van der Waals surface area (Å²) in [5.41, 5.74) is 0.267. The predicted octanol–water partition coefficient (Wildman–Crippen LogP) is 2.02. The van der Waals surface area contributed by atoms with Gasteiger partial charge in [0.1, 0.15) is 43.0 Å². The number of methoxy groups -OCH3 is 1. The van der Waals surface area contributed by atoms with Crippen molar-refractivity contribution in [3.05, 3.63) is 65.2 Å². The molecule has 1 aromatic carbocycles. The van der Waals surface area contributed by atoms with E-state index in [2.05, 4.69) is 40.5 Å². The number of rotatable bonds is 13. The number of aliphatic hydroxyl groups is 1. The molecule has 24 heteroatoms. The highest BCUT2D eigenvalue weighted by molar-refractivity contribution is 7.47. The van der Waals surface area contributed by atoms with Crippen molar-refractivity contribution in [2.24, 2.45) is 5.92 Å². The van der Waals surface area contributed by atoms with Crippen LogP contribution in [0.3, 0.4) is 0 Å². The number of carbonyl (C=O) groups excluding carboxylic acids is 2. The van der Waals surface area contributed by atoms with E-state index in [0.717, 1.165) is 0 Å². The number of H-pyrrole nitrogens is 1. The summed E-state index contributed by atoms with van der Waals surface area (Å²) in [6.45, 7) is 7.61. The van der Waals surface area contributed by atoms with Gasteiger partial charge in [-0.15, -0.1) is 0 Å². The lowest BCUT2D eigenvalue weighted by Crippen LogP contribution is -2.40. The van der Waals surface area contributed by atoms with Gasteiger partial charge in [-0.2, -0.15) is 4.98 Å². The summed E-state index contributed by atoms with van der Waals surface area (Å²) in [6, 6.07) is 8.52. The molecular formula is C36H43N10O13P. The number of amides is 2. The molecule has 60 heavy (non-hydrogen) atoms. The fraction of sp³-hybridized carbons (Fsp3) is 0.500. The van der Waals surface area contributed by atoms with Crippen molar-refractivity contribution >= 4 is 53.7 Å². The molecule has 3 fully saturated rings. The van der Waals surface area contributed by atoms with E-state index in [1.807, 2.05) is 0 Å². The molecule has 23 nitrogen and oxygen atoms in total. The maximum absolute atomic E-state index is 13.8. The second-order valence-corrected chi connectivity index (χ2v) is 16.6. The molecular weight excluding hydrogens is 811 g/mol. The molecule has 0 spiro atoms. The predicted molar refractivity (Wildman–Crippen MR) is 206 cm³/mol. The van der Waals surface area contributed by atoms with Gasteiger partial charge in [0.25, 0.3) is 11.5 Å². The summed E-state index contributed by atoms with van der Waals surface area (Å²) in [4.78, 5) is 73.4. The molecule has 0 radical (unpaired) electrons. The third kappa shape index (κ3) is 7.96. The number of aliphatic hydroxyl groups excluding tert-OH is 1. The van der Waals surface area contributed by atoms with Crippen LogP contribution in [0.4, 0.5) is 11.8 Å². The first kappa shape index (κ1) is 41.7. The van der Waals surface area contributed by atoms with E-state index < -0.39 is 92.8 Å². The van der Waals surface area contributed by atoms with Gasteiger partial charge in [-0.25, -0.2) is 24.5 Å². The van der Waals surface area contributed by atoms with E-state index in [1.54, 1.807) is 58.0 Å². The van der Waals surface area contributed by atoms with Crippen LogP contribution in [0.5, 0.6) is 0 Å². The summed E-state index contributed by atoms with van der Waals surface area (Å²) in [7, 11) is -3.68. The number of aromatic amines is 1. The minimum Gasteiger partial charge on any atom is -0.391 e. The number of benzene rings is 1. The lowest BCUT2D eigenvalue weighted by atomic mass is 10.1. The molecule has 0 aliphatic carbocycles. The van der Waals surface area contributed by atoms with Crippen LogP contribution in [0.25, 0.3) is 22.3 Å². The first-order chi connectivity index (χ1) is 28.5. The summed E-state index contributed by atoms with van der Waals surface area (Å²) in [6.07, 6.45) is -5.87. The Labute approximate surface area is 340 Å². The van der Waals surface area contributed by atoms with Gasteiger partial charge >= 0.3 is 7.82 Å². The fourth-order valence-electron chi connectivity index (χ4n) is 7.35. The highest BCUT2D eigenvalue weighted by Gasteiger charge is 2.57. The molecule has 3 aliphatic rings. The number of phosphoric ester groups is 1. The largest absolute Gasteiger partial charge is 0.472 e. The van der Waals surface area contributed by atoms with Gasteiger partial charge in [0.2, 0.25) is 11.9 Å². The number of nitrogens with zero attached hydrogens (tertiary/aromatic N) is 7. The number of ether oxygens (including phenoxy) is 5. The molecule has 5 N–H and O–H groups in total. The van der Waals surface area contributed by atoms with Crippen LogP contribution >= 0.6 is 7.82 Å². The first-order valence-electron chi connectivity index (χ1n) is 18.9. The Morgan fingerprint density at radius 2 is 1.65 bits per heavy atom. The van der Waals surface area contributed by atoms with Gasteiger partial charge in [-0.05, 0) is 32.9 Å². The van der Waals surface area contributed by atoms with Gasteiger partial charge < -0.3 is 39.0 Å². The maximum atomic E-state index is 13.8. The molecule has 2 amide bonds. The maximum Gasteiger partial charge on any atom is 0.472 e. The average molecular weight is 855 g/mol. The molecule has 3 aliphatic heterocycles. The van der Waals surface area contributed by atoms with Crippen molar-refractivity contribution < 1.29 is 56.9 Å². The zero-order valence-corrected chi connectivity index (χ0v) is 34.0.